The number of benzene rings is 2. The van der Waals surface area contributed by atoms with Crippen molar-refractivity contribution in [3.8, 4) is 11.1 Å². The molecule has 9 nitrogen and oxygen atoms in total. The zero-order chi connectivity index (χ0) is 27.4. The van der Waals surface area contributed by atoms with E-state index < -0.39 is 20.5 Å². The molecule has 11 heteroatoms. The largest absolute Gasteiger partial charge is 0.383 e. The third kappa shape index (κ3) is 6.24. The number of carbonyl (C=O) groups excluding carboxylic acids is 1. The molecule has 0 unspecified atom stereocenters. The minimum absolute atomic E-state index is 0.0670. The number of ether oxygens (including phenoxy) is 1. The lowest BCUT2D eigenvalue weighted by atomic mass is 10.00. The van der Waals surface area contributed by atoms with E-state index in [1.165, 1.54) is 29.2 Å². The average molecular weight is 534 g/mol. The highest BCUT2D eigenvalue weighted by Gasteiger charge is 2.43. The molecule has 200 valence electrons. The molecule has 37 heavy (non-hydrogen) atoms. The van der Waals surface area contributed by atoms with Crippen LogP contribution in [-0.2, 0) is 32.5 Å². The predicted molar refractivity (Wildman–Crippen MR) is 140 cm³/mol. The fraction of sp³-hybridized carbons (Fsp3) is 0.385. The van der Waals surface area contributed by atoms with Crippen LogP contribution in [0.3, 0.4) is 0 Å². The zero-order valence-electron chi connectivity index (χ0n) is 21.3. The van der Waals surface area contributed by atoms with Gasteiger partial charge in [-0.05, 0) is 61.2 Å². The number of nitrogens with one attached hydrogen (secondary N) is 1. The smallest absolute Gasteiger partial charge is 0.264 e. The molecule has 0 saturated carbocycles. The van der Waals surface area contributed by atoms with E-state index in [9.17, 15) is 22.4 Å². The van der Waals surface area contributed by atoms with Crippen molar-refractivity contribution in [2.75, 3.05) is 33.6 Å². The van der Waals surface area contributed by atoms with E-state index in [-0.39, 0.29) is 24.3 Å². The molecule has 0 radical (unpaired) electrons. The van der Waals surface area contributed by atoms with E-state index in [4.69, 9.17) is 9.94 Å². The van der Waals surface area contributed by atoms with Crippen molar-refractivity contribution in [3.05, 3.63) is 70.4 Å². The summed E-state index contributed by atoms with van der Waals surface area (Å²) >= 11 is 0. The van der Waals surface area contributed by atoms with Crippen LogP contribution in [-0.4, -0.2) is 67.3 Å². The van der Waals surface area contributed by atoms with Gasteiger partial charge < -0.3 is 9.30 Å². The van der Waals surface area contributed by atoms with Crippen LogP contribution in [0.15, 0.2) is 53.5 Å². The summed E-state index contributed by atoms with van der Waals surface area (Å²) in [5.41, 5.74) is 2.88. The van der Waals surface area contributed by atoms with Gasteiger partial charge >= 0.3 is 0 Å². The van der Waals surface area contributed by atoms with Crippen molar-refractivity contribution in [2.45, 2.75) is 31.2 Å². The summed E-state index contributed by atoms with van der Waals surface area (Å²) in [6, 6.07) is 11.8. The van der Waals surface area contributed by atoms with Gasteiger partial charge in [0, 0.05) is 50.1 Å². The van der Waals surface area contributed by atoms with Gasteiger partial charge in [-0.1, -0.05) is 18.2 Å². The maximum Gasteiger partial charge on any atom is 0.264 e. The first-order chi connectivity index (χ1) is 17.4. The molecule has 1 amide bonds. The highest BCUT2D eigenvalue weighted by atomic mass is 32.2. The quantitative estimate of drug-likeness (QED) is 0.287. The van der Waals surface area contributed by atoms with Crippen molar-refractivity contribution in [2.24, 2.45) is 0 Å². The van der Waals surface area contributed by atoms with Crippen molar-refractivity contribution in [1.82, 2.24) is 14.9 Å². The van der Waals surface area contributed by atoms with Gasteiger partial charge in [0.05, 0.1) is 6.61 Å². The van der Waals surface area contributed by atoms with Gasteiger partial charge in [-0.25, -0.2) is 18.3 Å². The van der Waals surface area contributed by atoms with Crippen LogP contribution in [0.4, 0.5) is 4.39 Å². The number of hydrogen-bond donors (Lipinski definition) is 2. The Kier molecular flexibility index (Phi) is 8.85. The van der Waals surface area contributed by atoms with Crippen LogP contribution in [0.5, 0.6) is 0 Å². The summed E-state index contributed by atoms with van der Waals surface area (Å²) in [7, 11) is -0.319. The highest BCUT2D eigenvalue weighted by molar-refractivity contribution is 7.92. The molecule has 3 rings (SSSR count). The molecule has 3 aromatic rings. The molecule has 1 heterocycles. The van der Waals surface area contributed by atoms with Gasteiger partial charge in [0.1, 0.15) is 5.82 Å². The van der Waals surface area contributed by atoms with Crippen LogP contribution in [0, 0.1) is 5.82 Å². The number of rotatable bonds is 11. The Morgan fingerprint density at radius 1 is 1.22 bits per heavy atom. The Morgan fingerprint density at radius 3 is 2.57 bits per heavy atom. The summed E-state index contributed by atoms with van der Waals surface area (Å²) in [6.07, 6.45) is 2.18. The summed E-state index contributed by atoms with van der Waals surface area (Å²) in [5.74, 6) is -1.43. The first-order valence-corrected chi connectivity index (χ1v) is 13.5. The highest BCUT2D eigenvalue weighted by Crippen LogP contribution is 2.27. The van der Waals surface area contributed by atoms with Gasteiger partial charge in [0.2, 0.25) is 0 Å². The topological polar surface area (TPSA) is 118 Å². The molecule has 1 atom stereocenters. The zero-order valence-corrected chi connectivity index (χ0v) is 22.1. The number of amides is 1. The number of methoxy groups -OCH3 is 1. The number of hydrogen-bond acceptors (Lipinski definition) is 7. The normalized spacial score (nSPS) is 13.6. The monoisotopic (exact) mass is 533 g/mol. The van der Waals surface area contributed by atoms with E-state index in [2.05, 4.69) is 0 Å². The fourth-order valence-corrected chi connectivity index (χ4v) is 4.92. The van der Waals surface area contributed by atoms with Gasteiger partial charge in [-0.3, -0.25) is 19.7 Å². The molecule has 0 saturated heterocycles. The number of fused-ring (bicyclic) bond motifs is 1. The molecule has 0 aliphatic rings. The van der Waals surface area contributed by atoms with Crippen LogP contribution >= 0.6 is 0 Å². The van der Waals surface area contributed by atoms with Crippen molar-refractivity contribution >= 4 is 26.5 Å². The number of hydroxylamine groups is 1. The standard InChI is InChI=1S/C26H32FN3O6S/c1-26(25(32)28-33,37(4,34)35)10-12-30-11-9-20-16-19(6-8-22(20)24(30)31)21-7-5-18(15-23(21)27)17-29(2)13-14-36-3/h5-9,11,15-16,33H,10,12-14,17H2,1-4H3,(H,28,32)/t26-/m1/s1. The minimum atomic E-state index is -3.89. The molecule has 1 aromatic heterocycles. The van der Waals surface area contributed by atoms with Gasteiger partial charge in [0.15, 0.2) is 14.6 Å². The molecule has 0 spiro atoms. The number of halogens is 1. The second-order valence-electron chi connectivity index (χ2n) is 9.36. The molecular weight excluding hydrogens is 501 g/mol. The molecule has 0 aliphatic carbocycles. The molecular formula is C26H32FN3O6S. The number of pyridine rings is 1. The van der Waals surface area contributed by atoms with E-state index in [0.717, 1.165) is 18.4 Å². The number of aromatic nitrogens is 1. The Morgan fingerprint density at radius 2 is 1.95 bits per heavy atom. The summed E-state index contributed by atoms with van der Waals surface area (Å²) < 4.78 is 43.8. The lowest BCUT2D eigenvalue weighted by Gasteiger charge is -2.25. The third-order valence-corrected chi connectivity index (χ3v) is 8.71. The summed E-state index contributed by atoms with van der Waals surface area (Å²) in [5, 5.41) is 9.95. The molecule has 2 N–H and O–H groups in total. The lowest BCUT2D eigenvalue weighted by Crippen LogP contribution is -2.49. The second-order valence-corrected chi connectivity index (χ2v) is 11.8. The molecule has 0 aliphatic heterocycles. The SMILES string of the molecule is COCCN(C)Cc1ccc(-c2ccc3c(=O)n(CC[C@](C)(C(=O)NO)S(C)(=O)=O)ccc3c2)c(F)c1. The minimum Gasteiger partial charge on any atom is -0.383 e. The first-order valence-electron chi connectivity index (χ1n) is 11.6. The fourth-order valence-electron chi connectivity index (χ4n) is 4.08. The number of aryl methyl sites for hydroxylation is 1. The molecule has 0 bridgehead atoms. The van der Waals surface area contributed by atoms with Crippen LogP contribution in [0.25, 0.3) is 21.9 Å². The maximum atomic E-state index is 15.0. The number of likely N-dealkylation sites (N-methyl/N-ethyl adjacent to an activating group) is 1. The Hall–Kier alpha value is -3.12. The first kappa shape index (κ1) is 28.5. The van der Waals surface area contributed by atoms with Crippen molar-refractivity contribution in [3.63, 3.8) is 0 Å². The third-order valence-electron chi connectivity index (χ3n) is 6.68. The van der Waals surface area contributed by atoms with Crippen molar-refractivity contribution < 1.29 is 27.5 Å². The van der Waals surface area contributed by atoms with E-state index in [1.54, 1.807) is 37.4 Å². The van der Waals surface area contributed by atoms with Crippen LogP contribution in [0.2, 0.25) is 0 Å². The van der Waals surface area contributed by atoms with Crippen molar-refractivity contribution in [1.29, 1.82) is 0 Å². The van der Waals surface area contributed by atoms with Crippen LogP contribution < -0.4 is 11.0 Å². The molecule has 0 fully saturated rings. The Balaban J connectivity index is 1.85. The van der Waals surface area contributed by atoms with Gasteiger partial charge in [-0.2, -0.15) is 0 Å². The summed E-state index contributed by atoms with van der Waals surface area (Å²) in [6.45, 7) is 3.03. The number of sulfone groups is 1. The predicted octanol–water partition coefficient (Wildman–Crippen LogP) is 2.58. The number of carbonyl (C=O) groups is 1. The van der Waals surface area contributed by atoms with Gasteiger partial charge in [0.25, 0.3) is 11.5 Å². The van der Waals surface area contributed by atoms with E-state index in [1.807, 2.05) is 18.0 Å². The van der Waals surface area contributed by atoms with E-state index >= 15 is 0 Å². The average Bonchev–Trinajstić information content (AvgIpc) is 2.85. The van der Waals surface area contributed by atoms with Gasteiger partial charge in [-0.15, -0.1) is 0 Å². The number of nitrogens with zero attached hydrogens (tertiary/aromatic N) is 2. The van der Waals surface area contributed by atoms with Crippen LogP contribution in [0.1, 0.15) is 18.9 Å². The summed E-state index contributed by atoms with van der Waals surface area (Å²) in [4.78, 5) is 27.1. The van der Waals surface area contributed by atoms with E-state index in [0.29, 0.717) is 35.1 Å². The second kappa shape index (κ2) is 11.5. The Labute approximate surface area is 215 Å². The molecule has 2 aromatic carbocycles. The Bertz CT molecular complexity index is 1460. The lowest BCUT2D eigenvalue weighted by molar-refractivity contribution is -0.131. The maximum absolute atomic E-state index is 15.0.